The molecule has 0 aromatic heterocycles. The van der Waals surface area contributed by atoms with Crippen molar-refractivity contribution in [1.29, 1.82) is 0 Å². The molecule has 0 N–H and O–H groups in total. The summed E-state index contributed by atoms with van der Waals surface area (Å²) in [7, 11) is 1.73. The Morgan fingerprint density at radius 2 is 2.33 bits per heavy atom. The van der Waals surface area contributed by atoms with Crippen LogP contribution in [0.15, 0.2) is 0 Å². The average molecular weight is 107 g/mol. The predicted octanol–water partition coefficient (Wildman–Crippen LogP) is 0.715. The van der Waals surface area contributed by atoms with Gasteiger partial charge in [0.1, 0.15) is 0 Å². The fraction of sp³-hybridized carbons (Fsp3) is 1.00. The Hall–Kier alpha value is 0.270. The van der Waals surface area contributed by atoms with Crippen LogP contribution >= 0.6 is 12.8 Å². The first-order valence-corrected chi connectivity index (χ1v) is 2.23. The minimum atomic E-state index is 0.681. The number of thiol groups is 1. The fourth-order valence-electron chi connectivity index (χ4n) is 0.187. The van der Waals surface area contributed by atoms with Gasteiger partial charge in [0, 0.05) is 7.05 Å². The molecule has 0 saturated carbocycles. The molecule has 0 unspecified atom stereocenters. The van der Waals surface area contributed by atoms with E-state index in [0.29, 0.717) is 6.61 Å². The number of hydroxylamine groups is 1. The minimum Gasteiger partial charge on any atom is -0.289 e. The lowest BCUT2D eigenvalue weighted by Crippen LogP contribution is -2.04. The number of nitrogens with zero attached hydrogens (tertiary/aromatic N) is 1. The summed E-state index contributed by atoms with van der Waals surface area (Å²) in [6.45, 7) is 2.59. The Kier molecular flexibility index (Phi) is 3.62. The number of hydrogen-bond acceptors (Lipinski definition) is 3. The molecule has 2 nitrogen and oxygen atoms in total. The molecule has 0 aliphatic rings. The monoisotopic (exact) mass is 107 g/mol. The zero-order valence-electron chi connectivity index (χ0n) is 4.01. The maximum Gasteiger partial charge on any atom is 0.0667 e. The van der Waals surface area contributed by atoms with Crippen LogP contribution in [0.4, 0.5) is 0 Å². The number of hydrogen-bond donors (Lipinski definition) is 1. The van der Waals surface area contributed by atoms with Gasteiger partial charge in [0.25, 0.3) is 0 Å². The Morgan fingerprint density at radius 1 is 1.83 bits per heavy atom. The van der Waals surface area contributed by atoms with Crippen molar-refractivity contribution in [3.8, 4) is 0 Å². The summed E-state index contributed by atoms with van der Waals surface area (Å²) in [6, 6.07) is 0. The first-order valence-electron chi connectivity index (χ1n) is 1.83. The van der Waals surface area contributed by atoms with E-state index >= 15 is 0 Å². The SMILES string of the molecule is CCON(C)S. The van der Waals surface area contributed by atoms with Gasteiger partial charge in [0.05, 0.1) is 6.61 Å². The molecule has 0 spiro atoms. The largest absolute Gasteiger partial charge is 0.289 e. The minimum absolute atomic E-state index is 0.681. The van der Waals surface area contributed by atoms with Gasteiger partial charge >= 0.3 is 0 Å². The highest BCUT2D eigenvalue weighted by atomic mass is 32.1. The van der Waals surface area contributed by atoms with E-state index in [9.17, 15) is 0 Å². The normalized spacial score (nSPS) is 10.0. The van der Waals surface area contributed by atoms with Gasteiger partial charge in [-0.05, 0) is 6.92 Å². The third kappa shape index (κ3) is 4.27. The zero-order valence-corrected chi connectivity index (χ0v) is 4.90. The van der Waals surface area contributed by atoms with Crippen molar-refractivity contribution >= 4 is 12.8 Å². The maximum absolute atomic E-state index is 4.74. The van der Waals surface area contributed by atoms with Gasteiger partial charge in [-0.2, -0.15) is 0 Å². The molecule has 0 aromatic carbocycles. The van der Waals surface area contributed by atoms with Crippen LogP contribution in [0.25, 0.3) is 0 Å². The second-order valence-electron chi connectivity index (χ2n) is 0.882. The first kappa shape index (κ1) is 6.27. The van der Waals surface area contributed by atoms with Gasteiger partial charge in [-0.1, -0.05) is 12.8 Å². The van der Waals surface area contributed by atoms with E-state index in [-0.39, 0.29) is 0 Å². The molecule has 0 atom stereocenters. The third-order valence-electron chi connectivity index (χ3n) is 0.316. The summed E-state index contributed by atoms with van der Waals surface area (Å²) in [5, 5.41) is 0. The van der Waals surface area contributed by atoms with Gasteiger partial charge in [-0.3, -0.25) is 4.84 Å². The summed E-state index contributed by atoms with van der Waals surface area (Å²) in [5.74, 6) is 0. The van der Waals surface area contributed by atoms with Crippen LogP contribution in [0.3, 0.4) is 0 Å². The van der Waals surface area contributed by atoms with E-state index in [1.165, 1.54) is 4.47 Å². The molecule has 0 saturated heterocycles. The zero-order chi connectivity index (χ0) is 4.99. The summed E-state index contributed by atoms with van der Waals surface area (Å²) < 4.78 is 1.38. The molecule has 0 amide bonds. The summed E-state index contributed by atoms with van der Waals surface area (Å²) in [5.41, 5.74) is 0. The Morgan fingerprint density at radius 3 is 2.33 bits per heavy atom. The summed E-state index contributed by atoms with van der Waals surface area (Å²) >= 11 is 3.79. The number of rotatable bonds is 2. The highest BCUT2D eigenvalue weighted by molar-refractivity contribution is 7.77. The van der Waals surface area contributed by atoms with Crippen molar-refractivity contribution in [2.24, 2.45) is 0 Å². The van der Waals surface area contributed by atoms with Crippen LogP contribution in [0.2, 0.25) is 0 Å². The van der Waals surface area contributed by atoms with Crippen molar-refractivity contribution in [1.82, 2.24) is 4.47 Å². The molecule has 0 bridgehead atoms. The molecular formula is C3H9NOS. The molecule has 0 aliphatic carbocycles. The lowest BCUT2D eigenvalue weighted by molar-refractivity contribution is -0.0455. The summed E-state index contributed by atoms with van der Waals surface area (Å²) in [4.78, 5) is 4.74. The molecule has 0 aliphatic heterocycles. The third-order valence-corrected chi connectivity index (χ3v) is 0.431. The molecule has 38 valence electrons. The van der Waals surface area contributed by atoms with Crippen molar-refractivity contribution in [2.75, 3.05) is 13.7 Å². The van der Waals surface area contributed by atoms with Gasteiger partial charge in [-0.25, -0.2) is 0 Å². The van der Waals surface area contributed by atoms with Gasteiger partial charge < -0.3 is 0 Å². The summed E-state index contributed by atoms with van der Waals surface area (Å²) in [6.07, 6.45) is 0. The van der Waals surface area contributed by atoms with E-state index in [1.807, 2.05) is 6.92 Å². The van der Waals surface area contributed by atoms with Crippen molar-refractivity contribution in [3.05, 3.63) is 0 Å². The Labute approximate surface area is 43.6 Å². The molecule has 0 heterocycles. The van der Waals surface area contributed by atoms with Gasteiger partial charge in [0.2, 0.25) is 0 Å². The van der Waals surface area contributed by atoms with Crippen molar-refractivity contribution in [3.63, 3.8) is 0 Å². The lowest BCUT2D eigenvalue weighted by Gasteiger charge is -2.03. The standard InChI is InChI=1S/C3H9NOS/c1-3-5-4(2)6/h6H,3H2,1-2H3. The quantitative estimate of drug-likeness (QED) is 0.412. The Balaban J connectivity index is 2.63. The highest BCUT2D eigenvalue weighted by Crippen LogP contribution is 1.84. The fourth-order valence-corrected chi connectivity index (χ4v) is 0.302. The van der Waals surface area contributed by atoms with Crippen molar-refractivity contribution in [2.45, 2.75) is 6.92 Å². The predicted molar refractivity (Wildman–Crippen MR) is 28.4 cm³/mol. The molecule has 0 fully saturated rings. The van der Waals surface area contributed by atoms with E-state index in [1.54, 1.807) is 7.05 Å². The molecular weight excluding hydrogens is 98.1 g/mol. The van der Waals surface area contributed by atoms with Gasteiger partial charge in [-0.15, -0.1) is 4.47 Å². The van der Waals surface area contributed by atoms with Crippen LogP contribution in [-0.4, -0.2) is 18.1 Å². The smallest absolute Gasteiger partial charge is 0.0667 e. The molecule has 0 radical (unpaired) electrons. The average Bonchev–Trinajstić information content (AvgIpc) is 1.35. The van der Waals surface area contributed by atoms with E-state index in [2.05, 4.69) is 12.8 Å². The maximum atomic E-state index is 4.74. The topological polar surface area (TPSA) is 12.5 Å². The van der Waals surface area contributed by atoms with E-state index in [4.69, 9.17) is 4.84 Å². The second kappa shape index (κ2) is 3.46. The second-order valence-corrected chi connectivity index (χ2v) is 1.45. The lowest BCUT2D eigenvalue weighted by atomic mass is 10.9. The first-order chi connectivity index (χ1) is 2.77. The highest BCUT2D eigenvalue weighted by Gasteiger charge is 1.79. The molecule has 6 heavy (non-hydrogen) atoms. The van der Waals surface area contributed by atoms with Crippen LogP contribution in [0.1, 0.15) is 6.92 Å². The van der Waals surface area contributed by atoms with E-state index in [0.717, 1.165) is 0 Å². The molecule has 0 rings (SSSR count). The van der Waals surface area contributed by atoms with Crippen LogP contribution in [-0.2, 0) is 4.84 Å². The van der Waals surface area contributed by atoms with Crippen LogP contribution in [0, 0.1) is 0 Å². The van der Waals surface area contributed by atoms with E-state index < -0.39 is 0 Å². The molecule has 3 heteroatoms. The van der Waals surface area contributed by atoms with Crippen LogP contribution in [0.5, 0.6) is 0 Å². The van der Waals surface area contributed by atoms with Crippen LogP contribution < -0.4 is 0 Å². The Bertz CT molecular complexity index is 32.0. The van der Waals surface area contributed by atoms with Gasteiger partial charge in [0.15, 0.2) is 0 Å². The molecule has 0 aromatic rings. The van der Waals surface area contributed by atoms with Crippen molar-refractivity contribution < 1.29 is 4.84 Å².